The summed E-state index contributed by atoms with van der Waals surface area (Å²) in [6.45, 7) is 0.393. The summed E-state index contributed by atoms with van der Waals surface area (Å²) in [5.74, 6) is -0.0116. The Bertz CT molecular complexity index is 458. The third-order valence-corrected chi connectivity index (χ3v) is 4.43. The lowest BCUT2D eigenvalue weighted by Crippen LogP contribution is -2.40. The van der Waals surface area contributed by atoms with Crippen molar-refractivity contribution >= 4 is 39.1 Å². The second kappa shape index (κ2) is 5.59. The summed E-state index contributed by atoms with van der Waals surface area (Å²) in [6, 6.07) is 5.40. The van der Waals surface area contributed by atoms with Crippen molar-refractivity contribution < 1.29 is 4.79 Å². The van der Waals surface area contributed by atoms with Crippen LogP contribution >= 0.6 is 27.5 Å². The zero-order chi connectivity index (χ0) is 13.2. The van der Waals surface area contributed by atoms with E-state index in [1.807, 2.05) is 6.07 Å². The van der Waals surface area contributed by atoms with Crippen LogP contribution < -0.4 is 11.1 Å². The van der Waals surface area contributed by atoms with Crippen LogP contribution in [-0.4, -0.2) is 12.5 Å². The predicted octanol–water partition coefficient (Wildman–Crippen LogP) is 3.56. The van der Waals surface area contributed by atoms with Gasteiger partial charge in [-0.3, -0.25) is 4.79 Å². The van der Waals surface area contributed by atoms with Gasteiger partial charge in [0.25, 0.3) is 0 Å². The van der Waals surface area contributed by atoms with Gasteiger partial charge in [0.2, 0.25) is 5.91 Å². The van der Waals surface area contributed by atoms with Gasteiger partial charge in [-0.1, -0.05) is 40.4 Å². The number of carbonyl (C=O) groups excluding carboxylic acids is 1. The van der Waals surface area contributed by atoms with Crippen LogP contribution in [0.15, 0.2) is 22.7 Å². The highest BCUT2D eigenvalue weighted by Gasteiger charge is 2.39. The van der Waals surface area contributed by atoms with Crippen LogP contribution in [0, 0.1) is 5.41 Å². The molecule has 5 heteroatoms. The molecule has 0 saturated heterocycles. The van der Waals surface area contributed by atoms with Gasteiger partial charge in [0, 0.05) is 11.0 Å². The van der Waals surface area contributed by atoms with Gasteiger partial charge in [-0.25, -0.2) is 0 Å². The second-order valence-corrected chi connectivity index (χ2v) is 6.09. The Morgan fingerprint density at radius 2 is 2.11 bits per heavy atom. The van der Waals surface area contributed by atoms with E-state index >= 15 is 0 Å². The van der Waals surface area contributed by atoms with Gasteiger partial charge in [-0.05, 0) is 31.0 Å². The van der Waals surface area contributed by atoms with Gasteiger partial charge >= 0.3 is 0 Å². The molecule has 0 heterocycles. The lowest BCUT2D eigenvalue weighted by Gasteiger charge is -2.26. The van der Waals surface area contributed by atoms with Gasteiger partial charge in [0.05, 0.1) is 16.1 Å². The first-order chi connectivity index (χ1) is 8.57. The minimum absolute atomic E-state index is 0.0116. The molecule has 1 aromatic rings. The molecule has 1 fully saturated rings. The minimum atomic E-state index is -0.411. The lowest BCUT2D eigenvalue weighted by atomic mass is 9.85. The zero-order valence-electron chi connectivity index (χ0n) is 10.0. The van der Waals surface area contributed by atoms with Crippen LogP contribution in [0.25, 0.3) is 0 Å². The first-order valence-electron chi connectivity index (χ1n) is 6.04. The Morgan fingerprint density at radius 1 is 1.44 bits per heavy atom. The standard InChI is InChI=1S/C13H16BrClN2O/c14-9-3-4-10(15)11(7-9)17-12(18)13(8-16)5-1-2-6-13/h3-4,7H,1-2,5-6,8,16H2,(H,17,18). The highest BCUT2D eigenvalue weighted by molar-refractivity contribution is 9.10. The molecule has 0 aliphatic heterocycles. The predicted molar refractivity (Wildman–Crippen MR) is 77.7 cm³/mol. The second-order valence-electron chi connectivity index (χ2n) is 4.77. The van der Waals surface area contributed by atoms with E-state index in [9.17, 15) is 4.79 Å². The summed E-state index contributed by atoms with van der Waals surface area (Å²) >= 11 is 9.43. The van der Waals surface area contributed by atoms with E-state index in [1.165, 1.54) is 0 Å². The largest absolute Gasteiger partial charge is 0.329 e. The van der Waals surface area contributed by atoms with Gasteiger partial charge in [-0.2, -0.15) is 0 Å². The number of hydrogen-bond donors (Lipinski definition) is 2. The van der Waals surface area contributed by atoms with Crippen molar-refractivity contribution in [3.63, 3.8) is 0 Å². The molecule has 0 spiro atoms. The normalized spacial score (nSPS) is 17.7. The van der Waals surface area contributed by atoms with Crippen molar-refractivity contribution in [2.45, 2.75) is 25.7 Å². The number of halogens is 2. The molecule has 2 rings (SSSR count). The third-order valence-electron chi connectivity index (χ3n) is 3.61. The highest BCUT2D eigenvalue weighted by atomic mass is 79.9. The number of benzene rings is 1. The first-order valence-corrected chi connectivity index (χ1v) is 7.21. The molecule has 1 amide bonds. The Labute approximate surface area is 120 Å². The molecule has 1 aliphatic carbocycles. The molecule has 18 heavy (non-hydrogen) atoms. The van der Waals surface area contributed by atoms with Crippen molar-refractivity contribution in [2.75, 3.05) is 11.9 Å². The maximum Gasteiger partial charge on any atom is 0.231 e. The minimum Gasteiger partial charge on any atom is -0.329 e. The number of nitrogens with two attached hydrogens (primary N) is 1. The van der Waals surface area contributed by atoms with Crippen molar-refractivity contribution in [3.05, 3.63) is 27.7 Å². The van der Waals surface area contributed by atoms with E-state index in [-0.39, 0.29) is 5.91 Å². The summed E-state index contributed by atoms with van der Waals surface area (Å²) in [6.07, 6.45) is 3.86. The van der Waals surface area contributed by atoms with Crippen LogP contribution in [0.4, 0.5) is 5.69 Å². The van der Waals surface area contributed by atoms with Crippen molar-refractivity contribution in [1.82, 2.24) is 0 Å². The topological polar surface area (TPSA) is 55.1 Å². The lowest BCUT2D eigenvalue weighted by molar-refractivity contribution is -0.124. The average molecular weight is 332 g/mol. The SMILES string of the molecule is NCC1(C(=O)Nc2cc(Br)ccc2Cl)CCCC1. The summed E-state index contributed by atoms with van der Waals surface area (Å²) in [7, 11) is 0. The number of carbonyl (C=O) groups is 1. The smallest absolute Gasteiger partial charge is 0.231 e. The summed E-state index contributed by atoms with van der Waals surface area (Å²) in [5.41, 5.74) is 6.01. The maximum absolute atomic E-state index is 12.4. The molecule has 3 N–H and O–H groups in total. The summed E-state index contributed by atoms with van der Waals surface area (Å²) in [4.78, 5) is 12.4. The van der Waals surface area contributed by atoms with Crippen LogP contribution in [0.3, 0.4) is 0 Å². The van der Waals surface area contributed by atoms with Gasteiger partial charge < -0.3 is 11.1 Å². The Morgan fingerprint density at radius 3 is 2.72 bits per heavy atom. The third kappa shape index (κ3) is 2.71. The molecule has 0 radical (unpaired) electrons. The van der Waals surface area contributed by atoms with E-state index < -0.39 is 5.41 Å². The zero-order valence-corrected chi connectivity index (χ0v) is 12.4. The molecule has 0 unspecified atom stereocenters. The van der Waals surface area contributed by atoms with Crippen LogP contribution in [0.1, 0.15) is 25.7 Å². The molecular formula is C13H16BrClN2O. The van der Waals surface area contributed by atoms with Gasteiger partial charge in [-0.15, -0.1) is 0 Å². The van der Waals surface area contributed by atoms with E-state index in [0.717, 1.165) is 30.2 Å². The van der Waals surface area contributed by atoms with Crippen molar-refractivity contribution in [2.24, 2.45) is 11.1 Å². The van der Waals surface area contributed by atoms with Crippen LogP contribution in [-0.2, 0) is 4.79 Å². The fraction of sp³-hybridized carbons (Fsp3) is 0.462. The number of nitrogens with one attached hydrogen (secondary N) is 1. The van der Waals surface area contributed by atoms with Crippen molar-refractivity contribution in [1.29, 1.82) is 0 Å². The Kier molecular flexibility index (Phi) is 4.30. The molecule has 3 nitrogen and oxygen atoms in total. The summed E-state index contributed by atoms with van der Waals surface area (Å²) in [5, 5.41) is 3.44. The Balaban J connectivity index is 2.18. The number of anilines is 1. The fourth-order valence-electron chi connectivity index (χ4n) is 2.42. The first kappa shape index (κ1) is 13.8. The van der Waals surface area contributed by atoms with Gasteiger partial charge in [0.1, 0.15) is 0 Å². The number of rotatable bonds is 3. The van der Waals surface area contributed by atoms with E-state index in [4.69, 9.17) is 17.3 Å². The quantitative estimate of drug-likeness (QED) is 0.890. The van der Waals surface area contributed by atoms with E-state index in [2.05, 4.69) is 21.2 Å². The molecule has 98 valence electrons. The average Bonchev–Trinajstić information content (AvgIpc) is 2.84. The molecule has 1 aromatic carbocycles. The molecule has 0 atom stereocenters. The molecule has 1 saturated carbocycles. The molecular weight excluding hydrogens is 316 g/mol. The molecule has 1 aliphatic rings. The molecule has 0 bridgehead atoms. The highest BCUT2D eigenvalue weighted by Crippen LogP contribution is 2.38. The maximum atomic E-state index is 12.4. The number of hydrogen-bond acceptors (Lipinski definition) is 2. The molecule has 0 aromatic heterocycles. The number of amides is 1. The van der Waals surface area contributed by atoms with Crippen LogP contribution in [0.5, 0.6) is 0 Å². The van der Waals surface area contributed by atoms with E-state index in [1.54, 1.807) is 12.1 Å². The van der Waals surface area contributed by atoms with E-state index in [0.29, 0.717) is 17.3 Å². The monoisotopic (exact) mass is 330 g/mol. The van der Waals surface area contributed by atoms with Crippen molar-refractivity contribution in [3.8, 4) is 0 Å². The fourth-order valence-corrected chi connectivity index (χ4v) is 2.95. The Hall–Kier alpha value is -0.580. The van der Waals surface area contributed by atoms with Gasteiger partial charge in [0.15, 0.2) is 0 Å². The summed E-state index contributed by atoms with van der Waals surface area (Å²) < 4.78 is 0.885. The van der Waals surface area contributed by atoms with Crippen LogP contribution in [0.2, 0.25) is 5.02 Å².